The Labute approximate surface area is 170 Å². The molecule has 8 heteroatoms. The van der Waals surface area contributed by atoms with Crippen LogP contribution in [0.1, 0.15) is 31.4 Å². The highest BCUT2D eigenvalue weighted by atomic mass is 16.6. The van der Waals surface area contributed by atoms with Crippen molar-refractivity contribution in [2.75, 3.05) is 31.1 Å². The standard InChI is InChI=1S/C21H27N5O3/c1-15-12-20(23-21(22-15)16-6-8-17(9-7-16)26(28)29)25-11-3-4-18(25)13-24-10-2-5-19(24)14-27/h6-9,12,18-19,27H,2-5,10-11,13-14H2,1H3. The summed E-state index contributed by atoms with van der Waals surface area (Å²) in [7, 11) is 0. The van der Waals surface area contributed by atoms with Crippen LogP contribution in [0.15, 0.2) is 30.3 Å². The van der Waals surface area contributed by atoms with Gasteiger partial charge in [-0.15, -0.1) is 0 Å². The van der Waals surface area contributed by atoms with E-state index in [2.05, 4.69) is 14.8 Å². The second kappa shape index (κ2) is 8.42. The van der Waals surface area contributed by atoms with Gasteiger partial charge in [0, 0.05) is 54.6 Å². The summed E-state index contributed by atoms with van der Waals surface area (Å²) in [5.74, 6) is 1.50. The zero-order valence-electron chi connectivity index (χ0n) is 16.7. The number of nitro benzene ring substituents is 1. The molecule has 4 rings (SSSR count). The number of nitro groups is 1. The van der Waals surface area contributed by atoms with Gasteiger partial charge in [-0.05, 0) is 51.3 Å². The molecule has 2 fully saturated rings. The number of aliphatic hydroxyl groups excluding tert-OH is 1. The predicted molar refractivity (Wildman–Crippen MR) is 111 cm³/mol. The van der Waals surface area contributed by atoms with Gasteiger partial charge in [-0.1, -0.05) is 0 Å². The SMILES string of the molecule is Cc1cc(N2CCCC2CN2CCCC2CO)nc(-c2ccc([N+](=O)[O-])cc2)n1. The van der Waals surface area contributed by atoms with Gasteiger partial charge in [0.15, 0.2) is 5.82 Å². The van der Waals surface area contributed by atoms with Crippen molar-refractivity contribution in [2.45, 2.75) is 44.7 Å². The summed E-state index contributed by atoms with van der Waals surface area (Å²) in [6.07, 6.45) is 4.46. The van der Waals surface area contributed by atoms with Gasteiger partial charge < -0.3 is 10.0 Å². The molecule has 2 unspecified atom stereocenters. The first kappa shape index (κ1) is 19.7. The number of hydrogen-bond acceptors (Lipinski definition) is 7. The molecule has 29 heavy (non-hydrogen) atoms. The molecule has 0 radical (unpaired) electrons. The first-order chi connectivity index (χ1) is 14.0. The van der Waals surface area contributed by atoms with Crippen LogP contribution in [0.4, 0.5) is 11.5 Å². The van der Waals surface area contributed by atoms with Crippen LogP contribution in [-0.4, -0.2) is 63.2 Å². The first-order valence-corrected chi connectivity index (χ1v) is 10.3. The monoisotopic (exact) mass is 397 g/mol. The maximum atomic E-state index is 10.9. The van der Waals surface area contributed by atoms with Crippen LogP contribution in [0.2, 0.25) is 0 Å². The molecule has 2 aliphatic rings. The van der Waals surface area contributed by atoms with Gasteiger partial charge in [0.05, 0.1) is 11.5 Å². The highest BCUT2D eigenvalue weighted by Gasteiger charge is 2.32. The lowest BCUT2D eigenvalue weighted by molar-refractivity contribution is -0.384. The van der Waals surface area contributed by atoms with E-state index in [1.54, 1.807) is 12.1 Å². The lowest BCUT2D eigenvalue weighted by Gasteiger charge is -2.32. The highest BCUT2D eigenvalue weighted by Crippen LogP contribution is 2.29. The first-order valence-electron chi connectivity index (χ1n) is 10.3. The number of non-ortho nitro benzene ring substituents is 1. The van der Waals surface area contributed by atoms with E-state index in [1.165, 1.54) is 12.1 Å². The quantitative estimate of drug-likeness (QED) is 0.591. The van der Waals surface area contributed by atoms with E-state index < -0.39 is 4.92 Å². The number of likely N-dealkylation sites (tertiary alicyclic amines) is 1. The lowest BCUT2D eigenvalue weighted by atomic mass is 10.1. The van der Waals surface area contributed by atoms with Crippen molar-refractivity contribution in [2.24, 2.45) is 0 Å². The van der Waals surface area contributed by atoms with Gasteiger partial charge in [0.25, 0.3) is 5.69 Å². The summed E-state index contributed by atoms with van der Waals surface area (Å²) in [5, 5.41) is 20.5. The number of benzene rings is 1. The van der Waals surface area contributed by atoms with Crippen molar-refractivity contribution >= 4 is 11.5 Å². The average molecular weight is 397 g/mol. The predicted octanol–water partition coefficient (Wildman–Crippen LogP) is 2.79. The van der Waals surface area contributed by atoms with Crippen LogP contribution in [0.25, 0.3) is 11.4 Å². The fourth-order valence-corrected chi connectivity index (χ4v) is 4.50. The minimum Gasteiger partial charge on any atom is -0.395 e. The molecule has 0 saturated carbocycles. The topological polar surface area (TPSA) is 95.6 Å². The molecule has 154 valence electrons. The van der Waals surface area contributed by atoms with Crippen LogP contribution < -0.4 is 4.90 Å². The highest BCUT2D eigenvalue weighted by molar-refractivity contribution is 5.60. The summed E-state index contributed by atoms with van der Waals surface area (Å²) in [6.45, 7) is 5.13. The molecule has 2 saturated heterocycles. The fourth-order valence-electron chi connectivity index (χ4n) is 4.50. The summed E-state index contributed by atoms with van der Waals surface area (Å²) >= 11 is 0. The van der Waals surface area contributed by atoms with Crippen molar-refractivity contribution < 1.29 is 10.0 Å². The van der Waals surface area contributed by atoms with Crippen molar-refractivity contribution in [3.05, 3.63) is 46.1 Å². The molecule has 0 amide bonds. The van der Waals surface area contributed by atoms with E-state index in [0.29, 0.717) is 11.9 Å². The van der Waals surface area contributed by atoms with Crippen LogP contribution in [0.5, 0.6) is 0 Å². The molecule has 1 N–H and O–H groups in total. The fraction of sp³-hybridized carbons (Fsp3) is 0.524. The van der Waals surface area contributed by atoms with Crippen molar-refractivity contribution in [3.63, 3.8) is 0 Å². The number of aliphatic hydroxyl groups is 1. The number of aromatic nitrogens is 2. The Balaban J connectivity index is 1.57. The number of nitrogens with zero attached hydrogens (tertiary/aromatic N) is 5. The van der Waals surface area contributed by atoms with E-state index in [-0.39, 0.29) is 18.3 Å². The molecule has 2 aromatic rings. The molecule has 0 bridgehead atoms. The maximum Gasteiger partial charge on any atom is 0.269 e. The molecule has 1 aromatic carbocycles. The number of hydrogen-bond donors (Lipinski definition) is 1. The molecular weight excluding hydrogens is 370 g/mol. The Morgan fingerprint density at radius 1 is 1.14 bits per heavy atom. The second-order valence-corrected chi connectivity index (χ2v) is 7.96. The van der Waals surface area contributed by atoms with Gasteiger partial charge in [0.1, 0.15) is 5.82 Å². The van der Waals surface area contributed by atoms with Crippen LogP contribution >= 0.6 is 0 Å². The van der Waals surface area contributed by atoms with Gasteiger partial charge >= 0.3 is 0 Å². The van der Waals surface area contributed by atoms with Gasteiger partial charge in [-0.25, -0.2) is 9.97 Å². The summed E-state index contributed by atoms with van der Waals surface area (Å²) in [6, 6.07) is 9.05. The van der Waals surface area contributed by atoms with Gasteiger partial charge in [-0.3, -0.25) is 15.0 Å². The van der Waals surface area contributed by atoms with E-state index in [9.17, 15) is 15.2 Å². The smallest absolute Gasteiger partial charge is 0.269 e. The van der Waals surface area contributed by atoms with Crippen LogP contribution in [0.3, 0.4) is 0 Å². The zero-order valence-corrected chi connectivity index (χ0v) is 16.7. The third-order valence-electron chi connectivity index (χ3n) is 6.00. The number of anilines is 1. The Morgan fingerprint density at radius 3 is 2.59 bits per heavy atom. The summed E-state index contributed by atoms with van der Waals surface area (Å²) in [5.41, 5.74) is 1.71. The van der Waals surface area contributed by atoms with Crippen LogP contribution in [-0.2, 0) is 0 Å². The largest absolute Gasteiger partial charge is 0.395 e. The molecule has 3 heterocycles. The normalized spacial score (nSPS) is 22.3. The van der Waals surface area contributed by atoms with E-state index >= 15 is 0 Å². The Bertz CT molecular complexity index is 873. The minimum absolute atomic E-state index is 0.0604. The molecule has 2 atom stereocenters. The Kier molecular flexibility index (Phi) is 5.73. The maximum absolute atomic E-state index is 10.9. The third kappa shape index (κ3) is 4.23. The average Bonchev–Trinajstić information content (AvgIpc) is 3.37. The molecule has 2 aliphatic heterocycles. The number of aryl methyl sites for hydroxylation is 1. The molecule has 1 aromatic heterocycles. The summed E-state index contributed by atoms with van der Waals surface area (Å²) < 4.78 is 0. The second-order valence-electron chi connectivity index (χ2n) is 7.96. The van der Waals surface area contributed by atoms with Gasteiger partial charge in [-0.2, -0.15) is 0 Å². The van der Waals surface area contributed by atoms with Crippen LogP contribution in [0, 0.1) is 17.0 Å². The van der Waals surface area contributed by atoms with Crippen molar-refractivity contribution in [1.29, 1.82) is 0 Å². The van der Waals surface area contributed by atoms with Crippen molar-refractivity contribution in [3.8, 4) is 11.4 Å². The number of rotatable bonds is 6. The molecule has 8 nitrogen and oxygen atoms in total. The van der Waals surface area contributed by atoms with Gasteiger partial charge in [0.2, 0.25) is 0 Å². The zero-order chi connectivity index (χ0) is 20.4. The van der Waals surface area contributed by atoms with E-state index in [4.69, 9.17) is 4.98 Å². The Hall–Kier alpha value is -2.58. The minimum atomic E-state index is -0.404. The third-order valence-corrected chi connectivity index (χ3v) is 6.00. The molecular formula is C21H27N5O3. The molecule has 0 aliphatic carbocycles. The van der Waals surface area contributed by atoms with Crippen molar-refractivity contribution in [1.82, 2.24) is 14.9 Å². The van der Waals surface area contributed by atoms with E-state index in [0.717, 1.165) is 62.4 Å². The molecule has 0 spiro atoms. The lowest BCUT2D eigenvalue weighted by Crippen LogP contribution is -2.43. The summed E-state index contributed by atoms with van der Waals surface area (Å²) in [4.78, 5) is 24.6. The van der Waals surface area contributed by atoms with E-state index in [1.807, 2.05) is 13.0 Å². The Morgan fingerprint density at radius 2 is 1.86 bits per heavy atom.